The number of rotatable bonds is 11. The fourth-order valence-electron chi connectivity index (χ4n) is 3.04. The molecule has 0 saturated carbocycles. The van der Waals surface area contributed by atoms with Crippen LogP contribution in [0.3, 0.4) is 0 Å². The van der Waals surface area contributed by atoms with Crippen LogP contribution in [0.2, 0.25) is 0 Å². The van der Waals surface area contributed by atoms with Crippen LogP contribution in [-0.2, 0) is 30.5 Å². The van der Waals surface area contributed by atoms with Crippen LogP contribution in [0, 0.1) is 0 Å². The number of ether oxygens (including phenoxy) is 2. The molecule has 3 rings (SSSR count). The van der Waals surface area contributed by atoms with Gasteiger partial charge in [0, 0.05) is 20.8 Å². The molecule has 31 heavy (non-hydrogen) atoms. The first-order valence-corrected chi connectivity index (χ1v) is 10.7. The maximum Gasteiger partial charge on any atom is 0.333 e. The van der Waals surface area contributed by atoms with Crippen LogP contribution in [0.4, 0.5) is 5.82 Å². The van der Waals surface area contributed by atoms with Crippen LogP contribution in [0.5, 0.6) is 0 Å². The Morgan fingerprint density at radius 3 is 2.55 bits per heavy atom. The van der Waals surface area contributed by atoms with Gasteiger partial charge in [-0.1, -0.05) is 30.3 Å². The number of nitrogens with two attached hydrogens (primary N) is 1. The second-order valence-corrected chi connectivity index (χ2v) is 7.77. The Kier molecular flexibility index (Phi) is 7.48. The van der Waals surface area contributed by atoms with Crippen LogP contribution in [0.25, 0.3) is 11.2 Å². The molecule has 13 heteroatoms. The molecule has 2 aromatic heterocycles. The molecule has 12 nitrogen and oxygen atoms in total. The van der Waals surface area contributed by atoms with Crippen LogP contribution in [0.15, 0.2) is 43.0 Å². The lowest BCUT2D eigenvalue weighted by Gasteiger charge is -2.28. The van der Waals surface area contributed by atoms with E-state index in [0.717, 1.165) is 5.56 Å². The van der Waals surface area contributed by atoms with Crippen molar-refractivity contribution in [2.75, 3.05) is 26.1 Å². The van der Waals surface area contributed by atoms with Crippen molar-refractivity contribution in [1.82, 2.24) is 19.5 Å². The first-order chi connectivity index (χ1) is 14.8. The van der Waals surface area contributed by atoms with Gasteiger partial charge in [0.15, 0.2) is 23.2 Å². The van der Waals surface area contributed by atoms with Crippen LogP contribution < -0.4 is 10.5 Å². The highest BCUT2D eigenvalue weighted by Crippen LogP contribution is 2.24. The number of hydrogen-bond donors (Lipinski definition) is 3. The highest BCUT2D eigenvalue weighted by molar-refractivity contribution is 7.84. The van der Waals surface area contributed by atoms with E-state index in [1.165, 1.54) is 31.4 Å². The largest absolute Gasteiger partial charge is 0.376 e. The summed E-state index contributed by atoms with van der Waals surface area (Å²) in [6, 6.07) is 9.77. The van der Waals surface area contributed by atoms with Gasteiger partial charge in [-0.05, 0) is 5.56 Å². The van der Waals surface area contributed by atoms with E-state index in [2.05, 4.69) is 24.5 Å². The quantitative estimate of drug-likeness (QED) is 0.365. The lowest BCUT2D eigenvalue weighted by atomic mass is 10.2. The lowest BCUT2D eigenvalue weighted by Crippen LogP contribution is -2.41. The summed E-state index contributed by atoms with van der Waals surface area (Å²) in [4.78, 5) is 12.8. The zero-order valence-corrected chi connectivity index (χ0v) is 17.8. The van der Waals surface area contributed by atoms with Gasteiger partial charge in [-0.15, -0.1) is 0 Å². The molecule has 0 fully saturated rings. The van der Waals surface area contributed by atoms with Crippen molar-refractivity contribution < 1.29 is 27.2 Å². The molecule has 0 spiro atoms. The molecule has 0 amide bonds. The number of fused-ring (bicyclic) bond motifs is 1. The van der Waals surface area contributed by atoms with Crippen molar-refractivity contribution in [2.24, 2.45) is 5.14 Å². The molecule has 3 atom stereocenters. The molecule has 0 bridgehead atoms. The zero-order valence-electron chi connectivity index (χ0n) is 17.0. The summed E-state index contributed by atoms with van der Waals surface area (Å²) in [5.74, 6) is 0.495. The van der Waals surface area contributed by atoms with E-state index in [1.807, 2.05) is 30.3 Å². The SMILES string of the molecule is CO[C@@H]([C@@H](O)n1cnc2c(NCc3ccccc3)ncnc21)[C@@H](COS(N)(=O)=O)OC. The fourth-order valence-corrected chi connectivity index (χ4v) is 3.36. The minimum Gasteiger partial charge on any atom is -0.376 e. The number of methoxy groups -OCH3 is 2. The maximum atomic E-state index is 11.1. The molecule has 0 aliphatic heterocycles. The minimum absolute atomic E-state index is 0.349. The van der Waals surface area contributed by atoms with Crippen molar-refractivity contribution in [3.05, 3.63) is 48.5 Å². The van der Waals surface area contributed by atoms with Gasteiger partial charge in [0.05, 0.1) is 12.9 Å². The topological polar surface area (TPSA) is 164 Å². The van der Waals surface area contributed by atoms with E-state index in [-0.39, 0.29) is 0 Å². The third-order valence-corrected chi connectivity index (χ3v) is 5.04. The first kappa shape index (κ1) is 23.0. The van der Waals surface area contributed by atoms with Gasteiger partial charge in [0.1, 0.15) is 18.5 Å². The summed E-state index contributed by atoms with van der Waals surface area (Å²) in [6.07, 6.45) is -0.550. The molecule has 0 aliphatic rings. The standard InChI is InChI=1S/C18H24N6O6S/c1-28-13(9-30-31(19,26)27)15(29-2)18(25)24-11-23-14-16(21-10-22-17(14)24)20-8-12-6-4-3-5-7-12/h3-7,10-11,13,15,18,25H,8-9H2,1-2H3,(H2,19,26,27)(H,20,21,22)/t13-,15-,18-/m1/s1. The van der Waals surface area contributed by atoms with E-state index in [0.29, 0.717) is 23.5 Å². The monoisotopic (exact) mass is 452 g/mol. The Morgan fingerprint density at radius 1 is 1.16 bits per heavy atom. The third-order valence-electron chi connectivity index (χ3n) is 4.58. The fraction of sp³-hybridized carbons (Fsp3) is 0.389. The molecule has 4 N–H and O–H groups in total. The second-order valence-electron chi connectivity index (χ2n) is 6.55. The van der Waals surface area contributed by atoms with E-state index in [9.17, 15) is 13.5 Å². The third kappa shape index (κ3) is 5.72. The number of nitrogens with one attached hydrogen (secondary N) is 1. The number of imidazole rings is 1. The summed E-state index contributed by atoms with van der Waals surface area (Å²) < 4.78 is 38.7. The average Bonchev–Trinajstić information content (AvgIpc) is 3.19. The number of aliphatic hydroxyl groups is 1. The predicted molar refractivity (Wildman–Crippen MR) is 111 cm³/mol. The van der Waals surface area contributed by atoms with Gasteiger partial charge in [0.2, 0.25) is 0 Å². The van der Waals surface area contributed by atoms with Gasteiger partial charge < -0.3 is 19.9 Å². The first-order valence-electron chi connectivity index (χ1n) is 9.20. The number of anilines is 1. The summed E-state index contributed by atoms with van der Waals surface area (Å²) >= 11 is 0. The number of hydrogen-bond acceptors (Lipinski definition) is 10. The minimum atomic E-state index is -4.19. The van der Waals surface area contributed by atoms with Crippen molar-refractivity contribution in [1.29, 1.82) is 0 Å². The van der Waals surface area contributed by atoms with Crippen LogP contribution >= 0.6 is 0 Å². The summed E-state index contributed by atoms with van der Waals surface area (Å²) in [6.45, 7) is 0.0795. The second kappa shape index (κ2) is 10.1. The Bertz CT molecular complexity index is 1090. The van der Waals surface area contributed by atoms with Crippen molar-refractivity contribution in [3.63, 3.8) is 0 Å². The van der Waals surface area contributed by atoms with E-state index >= 15 is 0 Å². The molecule has 1 aromatic carbocycles. The van der Waals surface area contributed by atoms with Gasteiger partial charge in [-0.3, -0.25) is 8.75 Å². The van der Waals surface area contributed by atoms with Crippen molar-refractivity contribution >= 4 is 27.3 Å². The Labute approximate surface area is 179 Å². The summed E-state index contributed by atoms with van der Waals surface area (Å²) in [7, 11) is -1.51. The number of benzene rings is 1. The zero-order chi connectivity index (χ0) is 22.4. The smallest absolute Gasteiger partial charge is 0.333 e. The predicted octanol–water partition coefficient (Wildman–Crippen LogP) is 0.179. The Balaban J connectivity index is 1.82. The molecule has 0 saturated heterocycles. The lowest BCUT2D eigenvalue weighted by molar-refractivity contribution is -0.129. The number of aromatic nitrogens is 4. The molecular formula is C18H24N6O6S. The highest BCUT2D eigenvalue weighted by atomic mass is 32.2. The van der Waals surface area contributed by atoms with Gasteiger partial charge in [-0.2, -0.15) is 8.42 Å². The van der Waals surface area contributed by atoms with Crippen molar-refractivity contribution in [3.8, 4) is 0 Å². The average molecular weight is 452 g/mol. The normalized spacial score (nSPS) is 15.0. The van der Waals surface area contributed by atoms with Gasteiger partial charge in [-0.25, -0.2) is 20.1 Å². The maximum absolute atomic E-state index is 11.1. The Morgan fingerprint density at radius 2 is 1.90 bits per heavy atom. The van der Waals surface area contributed by atoms with Crippen molar-refractivity contribution in [2.45, 2.75) is 25.0 Å². The molecular weight excluding hydrogens is 428 g/mol. The van der Waals surface area contributed by atoms with Crippen LogP contribution in [0.1, 0.15) is 11.8 Å². The molecule has 3 aromatic rings. The molecule has 2 heterocycles. The molecule has 0 unspecified atom stereocenters. The number of aliphatic hydroxyl groups excluding tert-OH is 1. The van der Waals surface area contributed by atoms with Gasteiger partial charge in [0.25, 0.3) is 0 Å². The summed E-state index contributed by atoms with van der Waals surface area (Å²) in [5, 5.41) is 19.0. The van der Waals surface area contributed by atoms with E-state index < -0.39 is 35.3 Å². The number of nitrogens with zero attached hydrogens (tertiary/aromatic N) is 4. The molecule has 0 radical (unpaired) electrons. The molecule has 168 valence electrons. The summed E-state index contributed by atoms with van der Waals surface area (Å²) in [5.41, 5.74) is 1.86. The van der Waals surface area contributed by atoms with E-state index in [4.69, 9.17) is 14.6 Å². The Hall–Kier alpha value is -2.68. The van der Waals surface area contributed by atoms with E-state index in [1.54, 1.807) is 0 Å². The van der Waals surface area contributed by atoms with Crippen LogP contribution in [-0.4, -0.2) is 66.1 Å². The molecule has 0 aliphatic carbocycles. The van der Waals surface area contributed by atoms with Gasteiger partial charge >= 0.3 is 10.3 Å². The highest BCUT2D eigenvalue weighted by Gasteiger charge is 2.32.